The third-order valence-corrected chi connectivity index (χ3v) is 2.79. The van der Waals surface area contributed by atoms with Crippen LogP contribution in [0.25, 0.3) is 0 Å². The largest absolute Gasteiger partial charge is 0.508 e. The topological polar surface area (TPSA) is 43.7 Å². The molecule has 2 bridgehead atoms. The Morgan fingerprint density at radius 3 is 3.00 bits per heavy atom. The first kappa shape index (κ1) is 6.98. The third-order valence-electron chi connectivity index (χ3n) is 2.79. The van der Waals surface area contributed by atoms with E-state index in [2.05, 4.69) is 4.90 Å². The average molecular weight is 155 g/mol. The van der Waals surface area contributed by atoms with Gasteiger partial charge in [-0.2, -0.15) is 0 Å². The van der Waals surface area contributed by atoms with E-state index < -0.39 is 6.10 Å². The minimum Gasteiger partial charge on any atom is -0.508 e. The molecule has 2 aliphatic rings. The number of allylic oxidation sites excluding steroid dienone is 1. The predicted molar refractivity (Wildman–Crippen MR) is 41.1 cm³/mol. The molecule has 11 heavy (non-hydrogen) atoms. The second kappa shape index (κ2) is 2.14. The maximum absolute atomic E-state index is 9.42. The van der Waals surface area contributed by atoms with Crippen LogP contribution in [-0.4, -0.2) is 34.3 Å². The van der Waals surface area contributed by atoms with Gasteiger partial charge < -0.3 is 15.1 Å². The Labute approximate surface area is 65.9 Å². The van der Waals surface area contributed by atoms with Crippen molar-refractivity contribution < 1.29 is 10.2 Å². The van der Waals surface area contributed by atoms with E-state index in [9.17, 15) is 10.2 Å². The zero-order chi connectivity index (χ0) is 8.01. The highest BCUT2D eigenvalue weighted by molar-refractivity contribution is 5.20. The predicted octanol–water partition coefficient (Wildman–Crippen LogP) is 0.615. The summed E-state index contributed by atoms with van der Waals surface area (Å²) in [4.78, 5) is 2.09. The second-order valence-corrected chi connectivity index (χ2v) is 3.39. The molecule has 3 heteroatoms. The van der Waals surface area contributed by atoms with Gasteiger partial charge in [-0.1, -0.05) is 0 Å². The molecule has 1 saturated heterocycles. The molecule has 2 atom stereocenters. The molecular weight excluding hydrogens is 142 g/mol. The van der Waals surface area contributed by atoms with E-state index >= 15 is 0 Å². The van der Waals surface area contributed by atoms with Crippen LogP contribution in [0.4, 0.5) is 0 Å². The van der Waals surface area contributed by atoms with Gasteiger partial charge in [0, 0.05) is 19.5 Å². The Bertz CT molecular complexity index is 212. The van der Waals surface area contributed by atoms with Gasteiger partial charge in [0.05, 0.1) is 5.70 Å². The van der Waals surface area contributed by atoms with Gasteiger partial charge in [0.2, 0.25) is 0 Å². The van der Waals surface area contributed by atoms with Gasteiger partial charge in [-0.15, -0.1) is 0 Å². The molecule has 2 N–H and O–H groups in total. The van der Waals surface area contributed by atoms with Gasteiger partial charge in [0.1, 0.15) is 11.9 Å². The first-order valence-electron chi connectivity index (χ1n) is 4.03. The van der Waals surface area contributed by atoms with Gasteiger partial charge in [-0.3, -0.25) is 0 Å². The molecule has 0 amide bonds. The molecular formula is C8H13NO2. The summed E-state index contributed by atoms with van der Waals surface area (Å²) in [7, 11) is 1.98. The van der Waals surface area contributed by atoms with E-state index in [0.29, 0.717) is 12.5 Å². The van der Waals surface area contributed by atoms with Crippen LogP contribution >= 0.6 is 0 Å². The SMILES string of the molecule is CN1C2=C(O)C(O)C[C@@H]1CC2. The van der Waals surface area contributed by atoms with Crippen LogP contribution in [0, 0.1) is 0 Å². The van der Waals surface area contributed by atoms with Crippen LogP contribution in [0.2, 0.25) is 0 Å². The van der Waals surface area contributed by atoms with E-state index in [1.54, 1.807) is 0 Å². The average Bonchev–Trinajstić information content (AvgIpc) is 2.23. The zero-order valence-corrected chi connectivity index (χ0v) is 6.62. The van der Waals surface area contributed by atoms with E-state index in [-0.39, 0.29) is 5.76 Å². The van der Waals surface area contributed by atoms with Gasteiger partial charge in [0.15, 0.2) is 0 Å². The monoisotopic (exact) mass is 155 g/mol. The molecule has 0 aromatic rings. The third kappa shape index (κ3) is 0.839. The molecule has 0 aliphatic carbocycles. The maximum Gasteiger partial charge on any atom is 0.140 e. The highest BCUT2D eigenvalue weighted by Gasteiger charge is 2.36. The Kier molecular flexibility index (Phi) is 1.36. The van der Waals surface area contributed by atoms with E-state index in [0.717, 1.165) is 18.5 Å². The Morgan fingerprint density at radius 1 is 1.55 bits per heavy atom. The number of rotatable bonds is 0. The standard InChI is InChI=1S/C8H13NO2/c1-9-5-2-3-6(9)8(11)7(10)4-5/h5,7,10-11H,2-4H2,1H3/t5-,7?/m0/s1. The molecule has 1 unspecified atom stereocenters. The molecule has 0 aromatic heterocycles. The number of aliphatic hydroxyl groups excluding tert-OH is 2. The van der Waals surface area contributed by atoms with Crippen molar-refractivity contribution in [3.63, 3.8) is 0 Å². The molecule has 2 heterocycles. The summed E-state index contributed by atoms with van der Waals surface area (Å²) < 4.78 is 0. The molecule has 1 fully saturated rings. The van der Waals surface area contributed by atoms with Crippen molar-refractivity contribution in [3.8, 4) is 0 Å². The first-order chi connectivity index (χ1) is 5.20. The number of fused-ring (bicyclic) bond motifs is 2. The fraction of sp³-hybridized carbons (Fsp3) is 0.750. The quantitative estimate of drug-likeness (QED) is 0.539. The van der Waals surface area contributed by atoms with Crippen molar-refractivity contribution in [1.82, 2.24) is 4.90 Å². The molecule has 0 radical (unpaired) electrons. The van der Waals surface area contributed by atoms with Crippen molar-refractivity contribution in [1.29, 1.82) is 0 Å². The van der Waals surface area contributed by atoms with Crippen molar-refractivity contribution in [2.24, 2.45) is 0 Å². The number of nitrogens with zero attached hydrogens (tertiary/aromatic N) is 1. The molecule has 3 nitrogen and oxygen atoms in total. The van der Waals surface area contributed by atoms with Gasteiger partial charge in [-0.05, 0) is 12.8 Å². The van der Waals surface area contributed by atoms with E-state index in [4.69, 9.17) is 0 Å². The van der Waals surface area contributed by atoms with E-state index in [1.807, 2.05) is 7.05 Å². The summed E-state index contributed by atoms with van der Waals surface area (Å²) >= 11 is 0. The second-order valence-electron chi connectivity index (χ2n) is 3.39. The Balaban J connectivity index is 2.37. The van der Waals surface area contributed by atoms with Crippen molar-refractivity contribution in [2.75, 3.05) is 7.05 Å². The fourth-order valence-corrected chi connectivity index (χ4v) is 2.04. The fourth-order valence-electron chi connectivity index (χ4n) is 2.04. The minimum atomic E-state index is -0.603. The summed E-state index contributed by atoms with van der Waals surface area (Å²) in [6, 6.07) is 0.455. The number of aliphatic hydroxyl groups is 2. The molecule has 0 aromatic carbocycles. The van der Waals surface area contributed by atoms with Gasteiger partial charge in [0.25, 0.3) is 0 Å². The molecule has 2 rings (SSSR count). The van der Waals surface area contributed by atoms with Crippen LogP contribution in [0.3, 0.4) is 0 Å². The lowest BCUT2D eigenvalue weighted by Crippen LogP contribution is -2.35. The smallest absolute Gasteiger partial charge is 0.140 e. The number of hydrogen-bond donors (Lipinski definition) is 2. The highest BCUT2D eigenvalue weighted by Crippen LogP contribution is 2.36. The number of hydrogen-bond acceptors (Lipinski definition) is 3. The minimum absolute atomic E-state index is 0.196. The first-order valence-corrected chi connectivity index (χ1v) is 4.03. The Morgan fingerprint density at radius 2 is 2.27 bits per heavy atom. The summed E-state index contributed by atoms with van der Waals surface area (Å²) in [6.45, 7) is 0. The van der Waals surface area contributed by atoms with Crippen molar-refractivity contribution >= 4 is 0 Å². The van der Waals surface area contributed by atoms with Crippen molar-refractivity contribution in [2.45, 2.75) is 31.4 Å². The summed E-state index contributed by atoms with van der Waals surface area (Å²) in [6.07, 6.45) is 2.08. The van der Waals surface area contributed by atoms with Crippen LogP contribution in [0.15, 0.2) is 11.5 Å². The highest BCUT2D eigenvalue weighted by atomic mass is 16.3. The lowest BCUT2D eigenvalue weighted by atomic mass is 10.1. The maximum atomic E-state index is 9.42. The van der Waals surface area contributed by atoms with Crippen LogP contribution in [0.5, 0.6) is 0 Å². The summed E-state index contributed by atoms with van der Waals surface area (Å²) in [5, 5.41) is 18.8. The summed E-state index contributed by atoms with van der Waals surface area (Å²) in [5.41, 5.74) is 0.939. The molecule has 0 saturated carbocycles. The van der Waals surface area contributed by atoms with Crippen LogP contribution in [0.1, 0.15) is 19.3 Å². The van der Waals surface area contributed by atoms with Crippen LogP contribution < -0.4 is 0 Å². The summed E-state index contributed by atoms with van der Waals surface area (Å²) in [5.74, 6) is 0.196. The van der Waals surface area contributed by atoms with E-state index in [1.165, 1.54) is 0 Å². The van der Waals surface area contributed by atoms with Crippen molar-refractivity contribution in [3.05, 3.63) is 11.5 Å². The van der Waals surface area contributed by atoms with Crippen LogP contribution in [-0.2, 0) is 0 Å². The zero-order valence-electron chi connectivity index (χ0n) is 6.62. The molecule has 2 aliphatic heterocycles. The van der Waals surface area contributed by atoms with Gasteiger partial charge in [-0.25, -0.2) is 0 Å². The normalized spacial score (nSPS) is 36.7. The lowest BCUT2D eigenvalue weighted by molar-refractivity contribution is 0.0945. The van der Waals surface area contributed by atoms with Gasteiger partial charge >= 0.3 is 0 Å². The molecule has 0 spiro atoms. The Hall–Kier alpha value is -0.700. The molecule has 62 valence electrons. The lowest BCUT2D eigenvalue weighted by Gasteiger charge is -2.30.